The summed E-state index contributed by atoms with van der Waals surface area (Å²) in [6.07, 6.45) is 2.00. The third-order valence-corrected chi connectivity index (χ3v) is 4.09. The monoisotopic (exact) mass is 364 g/mol. The molecule has 0 fully saturated rings. The highest BCUT2D eigenvalue weighted by molar-refractivity contribution is 5.97. The minimum absolute atomic E-state index is 0.00925. The fourth-order valence-electron chi connectivity index (χ4n) is 2.61. The molecule has 0 aromatic heterocycles. The van der Waals surface area contributed by atoms with Crippen molar-refractivity contribution in [3.8, 4) is 11.5 Å². The molecule has 0 saturated carbocycles. The van der Waals surface area contributed by atoms with Gasteiger partial charge in [0.15, 0.2) is 0 Å². The molecule has 0 aliphatic carbocycles. The van der Waals surface area contributed by atoms with Crippen LogP contribution in [0.3, 0.4) is 0 Å². The van der Waals surface area contributed by atoms with Crippen LogP contribution in [-0.2, 0) is 4.74 Å². The molecule has 1 aliphatic rings. The van der Waals surface area contributed by atoms with Crippen LogP contribution in [0, 0.1) is 0 Å². The lowest BCUT2D eigenvalue weighted by Crippen LogP contribution is -2.35. The summed E-state index contributed by atoms with van der Waals surface area (Å²) in [5.74, 6) is -0.615. The highest BCUT2D eigenvalue weighted by Gasteiger charge is 2.23. The smallest absolute Gasteiger partial charge is 0.342 e. The Morgan fingerprint density at radius 1 is 1.15 bits per heavy atom. The number of hydrogen-bond acceptors (Lipinski definition) is 7. The van der Waals surface area contributed by atoms with E-state index in [0.717, 1.165) is 0 Å². The maximum absolute atomic E-state index is 12.5. The quantitative estimate of drug-likeness (QED) is 0.439. The van der Waals surface area contributed by atoms with Crippen molar-refractivity contribution in [3.05, 3.63) is 41.5 Å². The molecule has 4 N–H and O–H groups in total. The number of rotatable bonds is 1. The average Bonchev–Trinajstić information content (AvgIpc) is 2.59. The number of cyclic esters (lactones) is 1. The number of esters is 1. The zero-order valence-corrected chi connectivity index (χ0v) is 14.7. The Bertz CT molecular complexity index is 695. The topological polar surface area (TPSA) is 116 Å². The highest BCUT2D eigenvalue weighted by atomic mass is 16.5. The third-order valence-electron chi connectivity index (χ3n) is 4.09. The fourth-order valence-corrected chi connectivity index (χ4v) is 2.61. The van der Waals surface area contributed by atoms with E-state index >= 15 is 0 Å². The molecule has 7 heteroatoms. The van der Waals surface area contributed by atoms with Crippen molar-refractivity contribution in [2.24, 2.45) is 0 Å². The maximum atomic E-state index is 12.5. The summed E-state index contributed by atoms with van der Waals surface area (Å²) in [4.78, 5) is 12.5. The molecule has 0 bridgehead atoms. The normalized spacial score (nSPS) is 29.8. The Hall–Kier alpha value is -2.35. The van der Waals surface area contributed by atoms with Crippen LogP contribution in [0.1, 0.15) is 35.7 Å². The Balaban J connectivity index is 2.44. The van der Waals surface area contributed by atoms with Crippen LogP contribution in [0.4, 0.5) is 0 Å². The number of aliphatic hydroxyl groups is 3. The Kier molecular flexibility index (Phi) is 6.79. The van der Waals surface area contributed by atoms with Gasteiger partial charge in [-0.1, -0.05) is 24.3 Å². The SMILES string of the molecule is COc1cc(O)c2c(c1)/C=C\C[C@H](O)[C@H](O)[C@@H](O)/C=C/C[C@H](C)OC2=O. The summed E-state index contributed by atoms with van der Waals surface area (Å²) >= 11 is 0. The van der Waals surface area contributed by atoms with Crippen LogP contribution in [0.25, 0.3) is 6.08 Å². The Labute approximate surface area is 151 Å². The number of methoxy groups -OCH3 is 1. The molecule has 1 aliphatic heterocycles. The van der Waals surface area contributed by atoms with Gasteiger partial charge in [0.2, 0.25) is 0 Å². The zero-order valence-electron chi connectivity index (χ0n) is 14.7. The summed E-state index contributed by atoms with van der Waals surface area (Å²) in [6, 6.07) is 2.87. The third kappa shape index (κ3) is 4.85. The van der Waals surface area contributed by atoms with Crippen molar-refractivity contribution >= 4 is 12.0 Å². The van der Waals surface area contributed by atoms with E-state index in [0.29, 0.717) is 17.7 Å². The largest absolute Gasteiger partial charge is 0.507 e. The van der Waals surface area contributed by atoms with Crippen molar-refractivity contribution in [2.45, 2.75) is 44.2 Å². The van der Waals surface area contributed by atoms with Crippen molar-refractivity contribution in [1.82, 2.24) is 0 Å². The molecule has 0 radical (unpaired) electrons. The van der Waals surface area contributed by atoms with E-state index in [1.807, 2.05) is 0 Å². The van der Waals surface area contributed by atoms with Crippen molar-refractivity contribution in [1.29, 1.82) is 0 Å². The number of phenols is 1. The van der Waals surface area contributed by atoms with Crippen molar-refractivity contribution in [2.75, 3.05) is 7.11 Å². The van der Waals surface area contributed by atoms with E-state index in [-0.39, 0.29) is 17.7 Å². The first kappa shape index (κ1) is 20.0. The molecular formula is C19H24O7. The number of ether oxygens (including phenoxy) is 2. The van der Waals surface area contributed by atoms with Crippen LogP contribution in [0.2, 0.25) is 0 Å². The number of phenolic OH excluding ortho intramolecular Hbond substituents is 1. The summed E-state index contributed by atoms with van der Waals surface area (Å²) in [7, 11) is 1.43. The predicted molar refractivity (Wildman–Crippen MR) is 95.0 cm³/mol. The van der Waals surface area contributed by atoms with Gasteiger partial charge in [0.1, 0.15) is 35.4 Å². The van der Waals surface area contributed by atoms with Gasteiger partial charge in [0.25, 0.3) is 0 Å². The lowest BCUT2D eigenvalue weighted by atomic mass is 10.0. The number of fused-ring (bicyclic) bond motifs is 1. The van der Waals surface area contributed by atoms with E-state index < -0.39 is 30.4 Å². The van der Waals surface area contributed by atoms with Gasteiger partial charge in [-0.05, 0) is 25.0 Å². The van der Waals surface area contributed by atoms with Gasteiger partial charge in [0, 0.05) is 12.5 Å². The van der Waals surface area contributed by atoms with E-state index in [1.54, 1.807) is 19.1 Å². The zero-order chi connectivity index (χ0) is 19.3. The second-order valence-corrected chi connectivity index (χ2v) is 6.18. The second-order valence-electron chi connectivity index (χ2n) is 6.18. The first-order chi connectivity index (χ1) is 12.3. The molecule has 0 unspecified atom stereocenters. The minimum atomic E-state index is -1.35. The first-order valence-corrected chi connectivity index (χ1v) is 8.32. The first-order valence-electron chi connectivity index (χ1n) is 8.32. The van der Waals surface area contributed by atoms with Crippen LogP contribution >= 0.6 is 0 Å². The molecule has 0 saturated heterocycles. The van der Waals surface area contributed by atoms with Gasteiger partial charge in [-0.2, -0.15) is 0 Å². The molecule has 7 nitrogen and oxygen atoms in total. The highest BCUT2D eigenvalue weighted by Crippen LogP contribution is 2.30. The molecule has 1 heterocycles. The van der Waals surface area contributed by atoms with Crippen LogP contribution in [0.15, 0.2) is 30.4 Å². The molecule has 4 atom stereocenters. The average molecular weight is 364 g/mol. The Morgan fingerprint density at radius 2 is 1.88 bits per heavy atom. The lowest BCUT2D eigenvalue weighted by Gasteiger charge is -2.20. The maximum Gasteiger partial charge on any atom is 0.342 e. The van der Waals surface area contributed by atoms with Crippen LogP contribution < -0.4 is 4.74 Å². The summed E-state index contributed by atoms with van der Waals surface area (Å²) in [6.45, 7) is 1.67. The van der Waals surface area contributed by atoms with Gasteiger partial charge < -0.3 is 29.9 Å². The standard InChI is InChI=1S/C19H24O7/c1-11-5-3-7-14(20)18(23)15(21)8-4-6-12-9-13(25-2)10-16(22)17(12)19(24)26-11/h3-4,6-7,9-11,14-15,18,20-23H,5,8H2,1-2H3/b6-4-,7-3+/t11-,14-,15-,18+/m0/s1. The molecule has 0 amide bonds. The van der Waals surface area contributed by atoms with Crippen LogP contribution in [0.5, 0.6) is 11.5 Å². The summed E-state index contributed by atoms with van der Waals surface area (Å²) in [5.41, 5.74) is 0.346. The van der Waals surface area contributed by atoms with E-state index in [4.69, 9.17) is 9.47 Å². The number of carbonyl (C=O) groups is 1. The molecule has 0 spiro atoms. The molecule has 2 rings (SSSR count). The predicted octanol–water partition coefficient (Wildman–Crippen LogP) is 1.39. The number of aromatic hydroxyl groups is 1. The number of benzene rings is 1. The summed E-state index contributed by atoms with van der Waals surface area (Å²) < 4.78 is 10.4. The second kappa shape index (κ2) is 8.84. The number of hydrogen-bond donors (Lipinski definition) is 4. The minimum Gasteiger partial charge on any atom is -0.507 e. The van der Waals surface area contributed by atoms with Gasteiger partial charge in [-0.3, -0.25) is 0 Å². The van der Waals surface area contributed by atoms with Crippen molar-refractivity contribution < 1.29 is 34.7 Å². The van der Waals surface area contributed by atoms with Gasteiger partial charge >= 0.3 is 5.97 Å². The van der Waals surface area contributed by atoms with E-state index in [2.05, 4.69) is 0 Å². The molecule has 142 valence electrons. The molecule has 1 aromatic rings. The number of carbonyl (C=O) groups excluding carboxylic acids is 1. The van der Waals surface area contributed by atoms with Gasteiger partial charge in [-0.15, -0.1) is 0 Å². The van der Waals surface area contributed by atoms with Crippen LogP contribution in [-0.4, -0.2) is 57.9 Å². The van der Waals surface area contributed by atoms with Gasteiger partial charge in [0.05, 0.1) is 13.2 Å². The molecular weight excluding hydrogens is 340 g/mol. The van der Waals surface area contributed by atoms with Crippen molar-refractivity contribution in [3.63, 3.8) is 0 Å². The van der Waals surface area contributed by atoms with Gasteiger partial charge in [-0.25, -0.2) is 4.79 Å². The number of aliphatic hydroxyl groups excluding tert-OH is 3. The summed E-state index contributed by atoms with van der Waals surface area (Å²) in [5, 5.41) is 40.0. The molecule has 1 aromatic carbocycles. The lowest BCUT2D eigenvalue weighted by molar-refractivity contribution is -0.0394. The molecule has 26 heavy (non-hydrogen) atoms. The Morgan fingerprint density at radius 3 is 2.58 bits per heavy atom. The van der Waals surface area contributed by atoms with E-state index in [1.165, 1.54) is 31.4 Å². The fraction of sp³-hybridized carbons (Fsp3) is 0.421. The van der Waals surface area contributed by atoms with E-state index in [9.17, 15) is 25.2 Å².